The monoisotopic (exact) mass is 183 g/mol. The fourth-order valence-corrected chi connectivity index (χ4v) is 1.21. The van der Waals surface area contributed by atoms with E-state index in [9.17, 15) is 9.59 Å². The minimum absolute atomic E-state index is 0.178. The van der Waals surface area contributed by atoms with Crippen LogP contribution in [0.1, 0.15) is 13.3 Å². The number of ether oxygens (including phenoxy) is 1. The number of cyclic esters (lactones) is 1. The number of rotatable bonds is 3. The molecule has 0 aromatic heterocycles. The molecule has 72 valence electrons. The third kappa shape index (κ3) is 2.08. The molecule has 0 saturated carbocycles. The van der Waals surface area contributed by atoms with Crippen molar-refractivity contribution in [3.8, 4) is 0 Å². The highest BCUT2D eigenvalue weighted by atomic mass is 16.6. The van der Waals surface area contributed by atoms with Crippen LogP contribution in [-0.4, -0.2) is 30.1 Å². The highest BCUT2D eigenvalue weighted by molar-refractivity contribution is 5.94. The smallest absolute Gasteiger partial charge is 0.416 e. The maximum Gasteiger partial charge on any atom is 0.416 e. The van der Waals surface area contributed by atoms with Crippen LogP contribution in [0.3, 0.4) is 0 Å². The molecule has 0 N–H and O–H groups in total. The third-order valence-corrected chi connectivity index (χ3v) is 1.97. The second-order valence-corrected chi connectivity index (χ2v) is 3.03. The maximum absolute atomic E-state index is 11.5. The third-order valence-electron chi connectivity index (χ3n) is 1.97. The van der Waals surface area contributed by atoms with Gasteiger partial charge in [0.25, 0.3) is 0 Å². The zero-order chi connectivity index (χ0) is 9.84. The lowest BCUT2D eigenvalue weighted by molar-refractivity contribution is -0.131. The average molecular weight is 183 g/mol. The maximum atomic E-state index is 11.5. The van der Waals surface area contributed by atoms with E-state index in [1.807, 2.05) is 0 Å². The van der Waals surface area contributed by atoms with Gasteiger partial charge in [-0.3, -0.25) is 4.79 Å². The van der Waals surface area contributed by atoms with Gasteiger partial charge in [-0.25, -0.2) is 9.69 Å². The highest BCUT2D eigenvalue weighted by Gasteiger charge is 2.30. The van der Waals surface area contributed by atoms with Gasteiger partial charge < -0.3 is 4.74 Å². The average Bonchev–Trinajstić information content (AvgIpc) is 2.50. The first kappa shape index (κ1) is 9.77. The molecule has 0 unspecified atom stereocenters. The number of nitrogens with zero attached hydrogens (tertiary/aromatic N) is 1. The topological polar surface area (TPSA) is 46.6 Å². The molecule has 1 heterocycles. The summed E-state index contributed by atoms with van der Waals surface area (Å²) in [5.74, 6) is -0.370. The standard InChI is InChI=1S/C9H13NO3/c1-3-4-7(2)8(11)10-5-6-13-9(10)12/h3,7H,1,4-6H2,2H3/t7-/m0/s1. The number of allylic oxidation sites excluding steroid dienone is 1. The van der Waals surface area contributed by atoms with E-state index in [-0.39, 0.29) is 11.8 Å². The molecule has 1 aliphatic rings. The summed E-state index contributed by atoms with van der Waals surface area (Å²) in [6.45, 7) is 6.00. The molecule has 1 rings (SSSR count). The van der Waals surface area contributed by atoms with Gasteiger partial charge in [0.15, 0.2) is 0 Å². The van der Waals surface area contributed by atoms with Gasteiger partial charge in [0.2, 0.25) is 5.91 Å². The van der Waals surface area contributed by atoms with Crippen LogP contribution in [0.2, 0.25) is 0 Å². The van der Waals surface area contributed by atoms with Crippen molar-refractivity contribution in [2.75, 3.05) is 13.2 Å². The van der Waals surface area contributed by atoms with Crippen molar-refractivity contribution in [2.45, 2.75) is 13.3 Å². The normalized spacial score (nSPS) is 18.2. The van der Waals surface area contributed by atoms with Crippen LogP contribution in [0.15, 0.2) is 12.7 Å². The van der Waals surface area contributed by atoms with Gasteiger partial charge in [-0.1, -0.05) is 13.0 Å². The summed E-state index contributed by atoms with van der Waals surface area (Å²) < 4.78 is 4.66. The zero-order valence-corrected chi connectivity index (χ0v) is 7.66. The molecule has 0 aliphatic carbocycles. The van der Waals surface area contributed by atoms with Crippen molar-refractivity contribution in [1.29, 1.82) is 0 Å². The Bertz CT molecular complexity index is 237. The number of carbonyl (C=O) groups excluding carboxylic acids is 2. The molecule has 0 aromatic rings. The van der Waals surface area contributed by atoms with Crippen molar-refractivity contribution in [3.05, 3.63) is 12.7 Å². The van der Waals surface area contributed by atoms with Crippen LogP contribution in [0.25, 0.3) is 0 Å². The molecular weight excluding hydrogens is 170 g/mol. The molecule has 1 saturated heterocycles. The van der Waals surface area contributed by atoms with Gasteiger partial charge in [-0.05, 0) is 6.42 Å². The lowest BCUT2D eigenvalue weighted by Gasteiger charge is -2.14. The van der Waals surface area contributed by atoms with Crippen LogP contribution in [0, 0.1) is 5.92 Å². The van der Waals surface area contributed by atoms with E-state index >= 15 is 0 Å². The Labute approximate surface area is 77.2 Å². The van der Waals surface area contributed by atoms with E-state index in [1.165, 1.54) is 0 Å². The van der Waals surface area contributed by atoms with Crippen molar-refractivity contribution < 1.29 is 14.3 Å². The molecule has 4 heteroatoms. The van der Waals surface area contributed by atoms with E-state index in [4.69, 9.17) is 0 Å². The van der Waals surface area contributed by atoms with Gasteiger partial charge in [0.1, 0.15) is 6.61 Å². The molecule has 0 radical (unpaired) electrons. The highest BCUT2D eigenvalue weighted by Crippen LogP contribution is 2.12. The Morgan fingerprint density at radius 2 is 2.54 bits per heavy atom. The number of hydrogen-bond donors (Lipinski definition) is 0. The minimum atomic E-state index is -0.527. The van der Waals surface area contributed by atoms with Crippen LogP contribution in [-0.2, 0) is 9.53 Å². The molecule has 1 fully saturated rings. The van der Waals surface area contributed by atoms with Gasteiger partial charge in [-0.15, -0.1) is 6.58 Å². The quantitative estimate of drug-likeness (QED) is 0.617. The Morgan fingerprint density at radius 3 is 3.00 bits per heavy atom. The first-order valence-electron chi connectivity index (χ1n) is 4.26. The first-order chi connectivity index (χ1) is 6.16. The van der Waals surface area contributed by atoms with Gasteiger partial charge in [0.05, 0.1) is 6.54 Å². The number of carbonyl (C=O) groups is 2. The van der Waals surface area contributed by atoms with E-state index in [2.05, 4.69) is 11.3 Å². The number of imide groups is 1. The van der Waals surface area contributed by atoms with Crippen molar-refractivity contribution >= 4 is 12.0 Å². The summed E-state index contributed by atoms with van der Waals surface area (Å²) in [5.41, 5.74) is 0. The lowest BCUT2D eigenvalue weighted by Crippen LogP contribution is -2.35. The summed E-state index contributed by atoms with van der Waals surface area (Å²) >= 11 is 0. The molecule has 0 aromatic carbocycles. The van der Waals surface area contributed by atoms with Crippen molar-refractivity contribution in [1.82, 2.24) is 4.90 Å². The van der Waals surface area contributed by atoms with E-state index in [0.717, 1.165) is 4.90 Å². The second kappa shape index (κ2) is 4.07. The lowest BCUT2D eigenvalue weighted by atomic mass is 10.1. The zero-order valence-electron chi connectivity index (χ0n) is 7.66. The van der Waals surface area contributed by atoms with Crippen molar-refractivity contribution in [2.24, 2.45) is 5.92 Å². The Kier molecular flexibility index (Phi) is 3.06. The molecule has 0 bridgehead atoms. The number of hydrogen-bond acceptors (Lipinski definition) is 3. The fraction of sp³-hybridized carbons (Fsp3) is 0.556. The summed E-state index contributed by atoms with van der Waals surface area (Å²) in [6.07, 6.45) is 1.73. The summed E-state index contributed by atoms with van der Waals surface area (Å²) in [5, 5.41) is 0. The molecule has 13 heavy (non-hydrogen) atoms. The van der Waals surface area contributed by atoms with Crippen molar-refractivity contribution in [3.63, 3.8) is 0 Å². The fourth-order valence-electron chi connectivity index (χ4n) is 1.21. The predicted molar refractivity (Wildman–Crippen MR) is 47.0 cm³/mol. The number of amides is 2. The van der Waals surface area contributed by atoms with E-state index < -0.39 is 6.09 Å². The van der Waals surface area contributed by atoms with Gasteiger partial charge in [-0.2, -0.15) is 0 Å². The summed E-state index contributed by atoms with van der Waals surface area (Å²) in [7, 11) is 0. The van der Waals surface area contributed by atoms with Gasteiger partial charge >= 0.3 is 6.09 Å². The molecule has 1 aliphatic heterocycles. The summed E-state index contributed by atoms with van der Waals surface area (Å²) in [6, 6.07) is 0. The second-order valence-electron chi connectivity index (χ2n) is 3.03. The molecule has 1 atom stereocenters. The van der Waals surface area contributed by atoms with E-state index in [1.54, 1.807) is 13.0 Å². The Morgan fingerprint density at radius 1 is 1.85 bits per heavy atom. The Hall–Kier alpha value is -1.32. The molecule has 2 amide bonds. The van der Waals surface area contributed by atoms with Crippen LogP contribution in [0.4, 0.5) is 4.79 Å². The molecule has 0 spiro atoms. The first-order valence-corrected chi connectivity index (χ1v) is 4.26. The van der Waals surface area contributed by atoms with Crippen LogP contribution >= 0.6 is 0 Å². The Balaban J connectivity index is 2.55. The molecule has 4 nitrogen and oxygen atoms in total. The van der Waals surface area contributed by atoms with E-state index in [0.29, 0.717) is 19.6 Å². The van der Waals surface area contributed by atoms with Crippen LogP contribution < -0.4 is 0 Å². The largest absolute Gasteiger partial charge is 0.447 e. The minimum Gasteiger partial charge on any atom is -0.447 e. The van der Waals surface area contributed by atoms with Crippen LogP contribution in [0.5, 0.6) is 0 Å². The van der Waals surface area contributed by atoms with Gasteiger partial charge in [0, 0.05) is 5.92 Å². The predicted octanol–water partition coefficient (Wildman–Crippen LogP) is 1.18. The SMILES string of the molecule is C=CC[C@H](C)C(=O)N1CCOC1=O. The molecular formula is C9H13NO3. The summed E-state index contributed by atoms with van der Waals surface area (Å²) in [4.78, 5) is 23.7.